The van der Waals surface area contributed by atoms with Gasteiger partial charge in [0.1, 0.15) is 12.4 Å². The van der Waals surface area contributed by atoms with E-state index in [1.54, 1.807) is 6.07 Å². The van der Waals surface area contributed by atoms with Gasteiger partial charge in [0.25, 0.3) is 0 Å². The van der Waals surface area contributed by atoms with Crippen LogP contribution in [0.2, 0.25) is 0 Å². The maximum absolute atomic E-state index is 11.9. The number of carboxylic acid groups (broad SMARTS) is 2. The van der Waals surface area contributed by atoms with Gasteiger partial charge in [0.05, 0.1) is 17.4 Å². The number of rotatable bonds is 4. The van der Waals surface area contributed by atoms with Gasteiger partial charge in [-0.15, -0.1) is 0 Å². The molecule has 2 aromatic carbocycles. The van der Waals surface area contributed by atoms with Gasteiger partial charge in [-0.05, 0) is 52.5 Å². The van der Waals surface area contributed by atoms with E-state index in [0.29, 0.717) is 5.75 Å². The summed E-state index contributed by atoms with van der Waals surface area (Å²) in [5.41, 5.74) is 3.59. The van der Waals surface area contributed by atoms with Crippen molar-refractivity contribution in [2.24, 2.45) is 0 Å². The zero-order chi connectivity index (χ0) is 21.9. The van der Waals surface area contributed by atoms with Crippen LogP contribution < -0.4 is 4.74 Å². The van der Waals surface area contributed by atoms with E-state index in [2.05, 4.69) is 39.8 Å². The number of hydrogen-bond donors (Lipinski definition) is 2. The Morgan fingerprint density at radius 3 is 2.17 bits per heavy atom. The van der Waals surface area contributed by atoms with Crippen molar-refractivity contribution < 1.29 is 24.5 Å². The zero-order valence-corrected chi connectivity index (χ0v) is 17.9. The molecule has 2 aliphatic rings. The van der Waals surface area contributed by atoms with Gasteiger partial charge in [-0.1, -0.05) is 52.0 Å². The average Bonchev–Trinajstić information content (AvgIpc) is 3.03. The van der Waals surface area contributed by atoms with Crippen LogP contribution in [-0.2, 0) is 21.0 Å². The summed E-state index contributed by atoms with van der Waals surface area (Å²) >= 11 is 0. The molecule has 30 heavy (non-hydrogen) atoms. The second-order valence-electron chi connectivity index (χ2n) is 9.99. The number of carboxylic acids is 2. The number of ether oxygens (including phenoxy) is 1. The summed E-state index contributed by atoms with van der Waals surface area (Å²) in [5.74, 6) is -1.49. The monoisotopic (exact) mass is 408 g/mol. The van der Waals surface area contributed by atoms with E-state index in [1.807, 2.05) is 6.07 Å². The molecule has 0 saturated heterocycles. The number of aromatic carboxylic acids is 1. The van der Waals surface area contributed by atoms with E-state index >= 15 is 0 Å². The molecular formula is C25H28O5. The standard InChI is InChI=1S/C25H28O5/c1-23(2)9-10-24(3,4)19-12-16(6-8-17(19)23)25(13-21(26)27)14-30-20-11-15(22(28)29)5-7-18(20)25/h5-8,11-12H,9-10,13-14H2,1-4H3,(H,26,27)(H,28,29). The van der Waals surface area contributed by atoms with Crippen molar-refractivity contribution in [3.63, 3.8) is 0 Å². The highest BCUT2D eigenvalue weighted by molar-refractivity contribution is 5.88. The largest absolute Gasteiger partial charge is 0.492 e. The molecule has 1 heterocycles. The minimum Gasteiger partial charge on any atom is -0.492 e. The Morgan fingerprint density at radius 1 is 0.900 bits per heavy atom. The quantitative estimate of drug-likeness (QED) is 0.753. The predicted molar refractivity (Wildman–Crippen MR) is 114 cm³/mol. The molecule has 0 saturated carbocycles. The summed E-state index contributed by atoms with van der Waals surface area (Å²) < 4.78 is 5.87. The molecule has 5 nitrogen and oxygen atoms in total. The van der Waals surface area contributed by atoms with Crippen LogP contribution in [0.3, 0.4) is 0 Å². The van der Waals surface area contributed by atoms with Crippen LogP contribution in [-0.4, -0.2) is 28.8 Å². The molecule has 1 atom stereocenters. The van der Waals surface area contributed by atoms with Crippen molar-refractivity contribution in [2.75, 3.05) is 6.61 Å². The first-order valence-electron chi connectivity index (χ1n) is 10.3. The van der Waals surface area contributed by atoms with Gasteiger partial charge in [0.15, 0.2) is 0 Å². The highest BCUT2D eigenvalue weighted by Gasteiger charge is 2.46. The van der Waals surface area contributed by atoms with E-state index < -0.39 is 17.4 Å². The van der Waals surface area contributed by atoms with Crippen LogP contribution in [0.25, 0.3) is 0 Å². The summed E-state index contributed by atoms with van der Waals surface area (Å²) in [4.78, 5) is 23.2. The molecule has 0 aromatic heterocycles. The third kappa shape index (κ3) is 3.08. The fourth-order valence-corrected chi connectivity index (χ4v) is 5.08. The van der Waals surface area contributed by atoms with Crippen LogP contribution in [0.4, 0.5) is 0 Å². The van der Waals surface area contributed by atoms with Gasteiger partial charge in [-0.25, -0.2) is 4.79 Å². The van der Waals surface area contributed by atoms with Crippen molar-refractivity contribution in [2.45, 2.75) is 63.2 Å². The lowest BCUT2D eigenvalue weighted by molar-refractivity contribution is -0.138. The van der Waals surface area contributed by atoms with E-state index in [-0.39, 0.29) is 29.4 Å². The molecule has 1 aliphatic heterocycles. The fourth-order valence-electron chi connectivity index (χ4n) is 5.08. The molecule has 2 aromatic rings. The average molecular weight is 408 g/mol. The number of hydrogen-bond acceptors (Lipinski definition) is 3. The van der Waals surface area contributed by atoms with Crippen molar-refractivity contribution in [1.29, 1.82) is 0 Å². The minimum atomic E-state index is -1.03. The van der Waals surface area contributed by atoms with Crippen LogP contribution in [0.5, 0.6) is 5.75 Å². The fraction of sp³-hybridized carbons (Fsp3) is 0.440. The topological polar surface area (TPSA) is 83.8 Å². The van der Waals surface area contributed by atoms with Crippen molar-refractivity contribution in [3.05, 3.63) is 64.2 Å². The molecule has 0 radical (unpaired) electrons. The lowest BCUT2D eigenvalue weighted by atomic mass is 9.61. The maximum Gasteiger partial charge on any atom is 0.335 e. The van der Waals surface area contributed by atoms with Crippen LogP contribution in [0.1, 0.15) is 79.6 Å². The molecule has 0 bridgehead atoms. The second kappa shape index (κ2) is 6.59. The predicted octanol–water partition coefficient (Wildman–Crippen LogP) is 4.89. The molecule has 0 amide bonds. The first kappa shape index (κ1) is 20.5. The number of carbonyl (C=O) groups is 2. The highest BCUT2D eigenvalue weighted by atomic mass is 16.5. The molecule has 2 N–H and O–H groups in total. The highest BCUT2D eigenvalue weighted by Crippen LogP contribution is 2.50. The van der Waals surface area contributed by atoms with Gasteiger partial charge in [0.2, 0.25) is 0 Å². The Labute approximate surface area is 176 Å². The van der Waals surface area contributed by atoms with E-state index in [0.717, 1.165) is 24.0 Å². The molecule has 0 spiro atoms. The van der Waals surface area contributed by atoms with Crippen molar-refractivity contribution >= 4 is 11.9 Å². The minimum absolute atomic E-state index is 0.000727. The summed E-state index contributed by atoms with van der Waals surface area (Å²) in [6.07, 6.45) is 2.06. The molecule has 5 heteroatoms. The van der Waals surface area contributed by atoms with Gasteiger partial charge < -0.3 is 14.9 Å². The summed E-state index contributed by atoms with van der Waals surface area (Å²) in [7, 11) is 0. The Balaban J connectivity index is 1.91. The summed E-state index contributed by atoms with van der Waals surface area (Å²) in [5, 5.41) is 19.0. The van der Waals surface area contributed by atoms with Gasteiger partial charge >= 0.3 is 11.9 Å². The Hall–Kier alpha value is -2.82. The lowest BCUT2D eigenvalue weighted by Gasteiger charge is -2.43. The van der Waals surface area contributed by atoms with Gasteiger partial charge in [-0.3, -0.25) is 4.79 Å². The zero-order valence-electron chi connectivity index (χ0n) is 17.9. The SMILES string of the molecule is CC1(C)CCC(C)(C)c2cc(C3(CC(=O)O)COc4cc(C(=O)O)ccc43)ccc21. The lowest BCUT2D eigenvalue weighted by Crippen LogP contribution is -2.36. The summed E-state index contributed by atoms with van der Waals surface area (Å²) in [6, 6.07) is 11.1. The Morgan fingerprint density at radius 2 is 1.53 bits per heavy atom. The number of aliphatic carboxylic acids is 1. The molecular weight excluding hydrogens is 380 g/mol. The van der Waals surface area contributed by atoms with Crippen LogP contribution >= 0.6 is 0 Å². The Bertz CT molecular complexity index is 1050. The van der Waals surface area contributed by atoms with Gasteiger partial charge in [-0.2, -0.15) is 0 Å². The van der Waals surface area contributed by atoms with Crippen molar-refractivity contribution in [1.82, 2.24) is 0 Å². The van der Waals surface area contributed by atoms with Crippen molar-refractivity contribution in [3.8, 4) is 5.75 Å². The number of fused-ring (bicyclic) bond motifs is 2. The van der Waals surface area contributed by atoms with E-state index in [9.17, 15) is 19.8 Å². The summed E-state index contributed by atoms with van der Waals surface area (Å²) in [6.45, 7) is 9.19. The normalized spacial score (nSPS) is 23.2. The molecule has 4 rings (SSSR count). The molecule has 1 aliphatic carbocycles. The molecule has 1 unspecified atom stereocenters. The Kier molecular flexibility index (Phi) is 4.49. The van der Waals surface area contributed by atoms with E-state index in [4.69, 9.17) is 4.74 Å². The first-order chi connectivity index (χ1) is 14.0. The maximum atomic E-state index is 11.9. The smallest absolute Gasteiger partial charge is 0.335 e. The first-order valence-corrected chi connectivity index (χ1v) is 10.3. The van der Waals surface area contributed by atoms with Crippen LogP contribution in [0.15, 0.2) is 36.4 Å². The molecule has 158 valence electrons. The molecule has 0 fully saturated rings. The third-order valence-electron chi connectivity index (χ3n) is 7.08. The van der Waals surface area contributed by atoms with E-state index in [1.165, 1.54) is 23.3 Å². The number of benzene rings is 2. The third-order valence-corrected chi connectivity index (χ3v) is 7.08. The van der Waals surface area contributed by atoms with Gasteiger partial charge in [0, 0.05) is 5.56 Å². The van der Waals surface area contributed by atoms with Crippen LogP contribution in [0, 0.1) is 0 Å². The second-order valence-corrected chi connectivity index (χ2v) is 9.99.